The van der Waals surface area contributed by atoms with Crippen molar-refractivity contribution in [3.05, 3.63) is 106 Å². The minimum Gasteiger partial charge on any atom is -0.496 e. The molecule has 52 heavy (non-hydrogen) atoms. The predicted molar refractivity (Wildman–Crippen MR) is 217 cm³/mol. The quantitative estimate of drug-likeness (QED) is 0.0759. The Kier molecular flexibility index (Phi) is 11.6. The van der Waals surface area contributed by atoms with Crippen LogP contribution in [0.1, 0.15) is 121 Å². The summed E-state index contributed by atoms with van der Waals surface area (Å²) in [6.07, 6.45) is 17.6. The first kappa shape index (κ1) is 37.1. The summed E-state index contributed by atoms with van der Waals surface area (Å²) in [5, 5.41) is 8.37. The van der Waals surface area contributed by atoms with E-state index >= 15 is 0 Å². The predicted octanol–water partition coefficient (Wildman–Crippen LogP) is 11.1. The van der Waals surface area contributed by atoms with Crippen molar-refractivity contribution in [1.82, 2.24) is 14.6 Å². The molecule has 3 heterocycles. The van der Waals surface area contributed by atoms with Gasteiger partial charge in [-0.3, -0.25) is 4.79 Å². The summed E-state index contributed by atoms with van der Waals surface area (Å²) in [5.41, 5.74) is 9.02. The van der Waals surface area contributed by atoms with Gasteiger partial charge in [0.2, 0.25) is 0 Å². The lowest BCUT2D eigenvalue weighted by Gasteiger charge is -2.32. The molecule has 0 unspecified atom stereocenters. The van der Waals surface area contributed by atoms with Gasteiger partial charge in [0.1, 0.15) is 11.4 Å². The average Bonchev–Trinajstić information content (AvgIpc) is 3.79. The number of anilines is 1. The van der Waals surface area contributed by atoms with E-state index in [9.17, 15) is 4.79 Å². The number of imidazole rings is 1. The number of Topliss-reactive ketones (excluding diaryl/α,β-unsaturated/α-hetero) is 1. The summed E-state index contributed by atoms with van der Waals surface area (Å²) in [6, 6.07) is 21.5. The van der Waals surface area contributed by atoms with E-state index in [0.29, 0.717) is 17.8 Å². The molecule has 3 aromatic carbocycles. The third kappa shape index (κ3) is 6.68. The Balaban J connectivity index is 1.50. The van der Waals surface area contributed by atoms with Crippen molar-refractivity contribution in [3.8, 4) is 16.9 Å². The lowest BCUT2D eigenvalue weighted by Crippen LogP contribution is -2.31. The molecule has 0 bridgehead atoms. The number of benzene rings is 3. The highest BCUT2D eigenvalue weighted by atomic mass is 16.5. The molecule has 0 radical (unpaired) electrons. The zero-order valence-electron chi connectivity index (χ0n) is 32.4. The van der Waals surface area contributed by atoms with Crippen LogP contribution in [0.5, 0.6) is 5.75 Å². The molecule has 0 fully saturated rings. The summed E-state index contributed by atoms with van der Waals surface area (Å²) in [5.74, 6) is 0.762. The van der Waals surface area contributed by atoms with Gasteiger partial charge in [-0.25, -0.2) is 9.50 Å². The van der Waals surface area contributed by atoms with Gasteiger partial charge in [0, 0.05) is 35.3 Å². The zero-order chi connectivity index (χ0) is 36.8. The second kappa shape index (κ2) is 16.3. The number of fused-ring (bicyclic) bond motifs is 4. The number of hydrogen-bond acceptors (Lipinski definition) is 5. The molecule has 0 atom stereocenters. The van der Waals surface area contributed by atoms with Crippen LogP contribution >= 0.6 is 0 Å². The number of carbonyl (C=O) groups excluding carboxylic acids is 1. The number of aryl methyl sites for hydroxylation is 1. The molecule has 2 aromatic heterocycles. The van der Waals surface area contributed by atoms with E-state index in [1.165, 1.54) is 66.2 Å². The normalized spacial score (nSPS) is 15.4. The summed E-state index contributed by atoms with van der Waals surface area (Å²) < 4.78 is 7.58. The third-order valence-corrected chi connectivity index (χ3v) is 11.3. The Morgan fingerprint density at radius 1 is 0.865 bits per heavy atom. The monoisotopic (exact) mass is 696 g/mol. The Morgan fingerprint density at radius 3 is 2.33 bits per heavy atom. The lowest BCUT2D eigenvalue weighted by molar-refractivity contribution is 0.0983. The van der Waals surface area contributed by atoms with Crippen LogP contribution in [0.25, 0.3) is 33.6 Å². The van der Waals surface area contributed by atoms with Crippen molar-refractivity contribution in [2.45, 2.75) is 111 Å². The second-order valence-electron chi connectivity index (χ2n) is 14.2. The number of methoxy groups -OCH3 is 1. The zero-order valence-corrected chi connectivity index (χ0v) is 32.4. The van der Waals surface area contributed by atoms with Gasteiger partial charge in [-0.15, -0.1) is 0 Å². The van der Waals surface area contributed by atoms with Crippen molar-refractivity contribution in [3.63, 3.8) is 0 Å². The van der Waals surface area contributed by atoms with Crippen LogP contribution in [0.4, 0.5) is 5.69 Å². The third-order valence-electron chi connectivity index (χ3n) is 11.3. The Morgan fingerprint density at radius 2 is 1.60 bits per heavy atom. The first-order valence-corrected chi connectivity index (χ1v) is 19.7. The topological polar surface area (TPSA) is 59.7 Å². The molecule has 0 amide bonds. The van der Waals surface area contributed by atoms with Crippen molar-refractivity contribution >= 4 is 34.0 Å². The molecule has 0 spiro atoms. The fourth-order valence-electron chi connectivity index (χ4n) is 8.36. The molecule has 6 nitrogen and oxygen atoms in total. The number of unbranched alkanes of at least 4 members (excludes halogenated alkanes) is 5. The molecule has 0 saturated carbocycles. The summed E-state index contributed by atoms with van der Waals surface area (Å²) >= 11 is 0. The molecular formula is C46H56N4O2. The highest BCUT2D eigenvalue weighted by Crippen LogP contribution is 2.54. The van der Waals surface area contributed by atoms with Crippen LogP contribution in [0.15, 0.2) is 84.1 Å². The second-order valence-corrected chi connectivity index (χ2v) is 14.2. The van der Waals surface area contributed by atoms with Gasteiger partial charge in [-0.05, 0) is 78.8 Å². The minimum absolute atomic E-state index is 0.00778. The van der Waals surface area contributed by atoms with E-state index in [4.69, 9.17) is 14.8 Å². The average molecular weight is 697 g/mol. The van der Waals surface area contributed by atoms with E-state index in [1.807, 2.05) is 42.6 Å². The number of ether oxygens (including phenoxy) is 1. The van der Waals surface area contributed by atoms with Gasteiger partial charge in [0.15, 0.2) is 11.4 Å². The first-order chi connectivity index (χ1) is 25.4. The molecule has 6 heteroatoms. The smallest absolute Gasteiger partial charge is 0.183 e. The lowest BCUT2D eigenvalue weighted by atomic mass is 9.73. The standard InChI is InChI=1S/C46H56N4O2/c1-8-13-14-15-16-21-30-49-37-28-27-34-22-17-18-23-35(34)43(37)46(11-4,12-5)41(49)29-26-33(9-2)31-38-44(39(51)10-3)47-45-42(32(6)48-50(38)45)36-24-19-20-25-40(36)52-7/h17-20,22-29,31H,8-16,21,30H2,1-7H3/b33-26+,38-31-,41-29+. The van der Waals surface area contributed by atoms with Gasteiger partial charge >= 0.3 is 0 Å². The molecule has 0 N–H and O–H groups in total. The number of ketones is 1. The van der Waals surface area contributed by atoms with Crippen LogP contribution in [-0.4, -0.2) is 34.0 Å². The van der Waals surface area contributed by atoms with Gasteiger partial charge in [-0.1, -0.05) is 121 Å². The maximum absolute atomic E-state index is 13.4. The van der Waals surface area contributed by atoms with E-state index in [2.05, 4.69) is 87.2 Å². The van der Waals surface area contributed by atoms with Gasteiger partial charge in [0.25, 0.3) is 0 Å². The number of nitrogens with zero attached hydrogens (tertiary/aromatic N) is 4. The molecule has 1 aliphatic rings. The number of rotatable bonds is 16. The molecular weight excluding hydrogens is 641 g/mol. The van der Waals surface area contributed by atoms with Crippen LogP contribution in [-0.2, 0) is 5.41 Å². The number of carbonyl (C=O) groups is 1. The van der Waals surface area contributed by atoms with Crippen LogP contribution in [0.2, 0.25) is 0 Å². The van der Waals surface area contributed by atoms with Crippen LogP contribution in [0, 0.1) is 6.92 Å². The highest BCUT2D eigenvalue weighted by molar-refractivity contribution is 5.97. The van der Waals surface area contributed by atoms with Gasteiger partial charge in [0.05, 0.1) is 23.7 Å². The number of allylic oxidation sites excluding steroid dienone is 4. The van der Waals surface area contributed by atoms with Crippen molar-refractivity contribution in [2.24, 2.45) is 0 Å². The summed E-state index contributed by atoms with van der Waals surface area (Å²) in [4.78, 5) is 21.0. The molecule has 0 aliphatic carbocycles. The molecule has 0 saturated heterocycles. The number of para-hydroxylation sites is 1. The van der Waals surface area contributed by atoms with E-state index in [-0.39, 0.29) is 11.2 Å². The first-order valence-electron chi connectivity index (χ1n) is 19.7. The molecule has 5 aromatic rings. The van der Waals surface area contributed by atoms with Crippen molar-refractivity contribution in [2.75, 3.05) is 18.6 Å². The molecule has 272 valence electrons. The minimum atomic E-state index is -0.102. The summed E-state index contributed by atoms with van der Waals surface area (Å²) in [7, 11) is 1.68. The molecule has 1 aliphatic heterocycles. The maximum atomic E-state index is 13.4. The van der Waals surface area contributed by atoms with Gasteiger partial charge in [-0.2, -0.15) is 5.10 Å². The van der Waals surface area contributed by atoms with E-state index in [1.54, 1.807) is 7.11 Å². The van der Waals surface area contributed by atoms with Crippen molar-refractivity contribution < 1.29 is 9.53 Å². The van der Waals surface area contributed by atoms with Gasteiger partial charge < -0.3 is 9.64 Å². The summed E-state index contributed by atoms with van der Waals surface area (Å²) in [6.45, 7) is 14.1. The Bertz CT molecular complexity index is 2170. The van der Waals surface area contributed by atoms with E-state index < -0.39 is 0 Å². The highest BCUT2D eigenvalue weighted by Gasteiger charge is 2.45. The fourth-order valence-corrected chi connectivity index (χ4v) is 8.36. The fraction of sp³-hybridized carbons (Fsp3) is 0.413. The molecule has 6 rings (SSSR count). The number of hydrogen-bond donors (Lipinski definition) is 0. The largest absolute Gasteiger partial charge is 0.496 e. The number of aromatic nitrogens is 3. The van der Waals surface area contributed by atoms with Crippen molar-refractivity contribution in [1.29, 1.82) is 0 Å². The van der Waals surface area contributed by atoms with E-state index in [0.717, 1.165) is 59.3 Å². The van der Waals surface area contributed by atoms with Crippen LogP contribution in [0.3, 0.4) is 0 Å². The Labute approximate surface area is 310 Å². The Hall–Kier alpha value is -4.71. The SMILES string of the molecule is CCCCCCCCN1/C(=C/C=C(/C=c2/c(C(=O)CC)nc3c(-c4ccccc4OC)c(C)nn23)CC)C(CC)(CC)c2c1ccc1ccccc21. The maximum Gasteiger partial charge on any atom is 0.183 e. The van der Waals surface area contributed by atoms with Crippen LogP contribution < -0.4 is 15.0 Å².